The van der Waals surface area contributed by atoms with Crippen LogP contribution >= 0.6 is 0 Å². The largest absolute Gasteiger partial charge is 0.417 e. The van der Waals surface area contributed by atoms with E-state index < -0.39 is 22.9 Å². The van der Waals surface area contributed by atoms with Gasteiger partial charge in [-0.15, -0.1) is 0 Å². The zero-order valence-corrected chi connectivity index (χ0v) is 14.8. The molecule has 0 unspecified atom stereocenters. The van der Waals surface area contributed by atoms with Crippen molar-refractivity contribution in [1.29, 1.82) is 5.26 Å². The molecule has 0 aliphatic heterocycles. The normalized spacial score (nSPS) is 19.1. The van der Waals surface area contributed by atoms with Crippen molar-refractivity contribution in [2.75, 3.05) is 0 Å². The van der Waals surface area contributed by atoms with Crippen LogP contribution in [0.5, 0.6) is 0 Å². The summed E-state index contributed by atoms with van der Waals surface area (Å²) in [4.78, 5) is 12.8. The predicted molar refractivity (Wildman–Crippen MR) is 96.3 cm³/mol. The van der Waals surface area contributed by atoms with Gasteiger partial charge in [-0.3, -0.25) is 4.79 Å². The molecule has 27 heavy (non-hydrogen) atoms. The first-order valence-electron chi connectivity index (χ1n) is 8.70. The van der Waals surface area contributed by atoms with Gasteiger partial charge in [-0.05, 0) is 37.7 Å². The van der Waals surface area contributed by atoms with Gasteiger partial charge in [-0.1, -0.05) is 37.3 Å². The molecule has 1 atom stereocenters. The Morgan fingerprint density at radius 2 is 1.96 bits per heavy atom. The minimum atomic E-state index is -4.81. The summed E-state index contributed by atoms with van der Waals surface area (Å²) in [6.45, 7) is 2.07. The molecule has 140 valence electrons. The Bertz CT molecular complexity index is 969. The molecule has 1 aliphatic carbocycles. The van der Waals surface area contributed by atoms with E-state index in [9.17, 15) is 23.2 Å². The first-order chi connectivity index (χ1) is 12.8. The van der Waals surface area contributed by atoms with Gasteiger partial charge in [0.1, 0.15) is 11.6 Å². The number of nitriles is 1. The Kier molecular flexibility index (Phi) is 5.17. The number of aromatic nitrogens is 1. The maximum atomic E-state index is 13.4. The maximum Gasteiger partial charge on any atom is 0.417 e. The van der Waals surface area contributed by atoms with E-state index in [0.717, 1.165) is 29.3 Å². The highest BCUT2D eigenvalue weighted by Crippen LogP contribution is 2.33. The minimum absolute atomic E-state index is 0.0256. The van der Waals surface area contributed by atoms with E-state index in [2.05, 4.69) is 12.0 Å². The summed E-state index contributed by atoms with van der Waals surface area (Å²) in [5.41, 5.74) is -2.00. The lowest BCUT2D eigenvalue weighted by Crippen LogP contribution is -2.27. The zero-order chi connectivity index (χ0) is 19.6. The van der Waals surface area contributed by atoms with Crippen LogP contribution in [0.1, 0.15) is 43.7 Å². The number of hydrogen-bond donors (Lipinski definition) is 0. The third kappa shape index (κ3) is 3.95. The average Bonchev–Trinajstić information content (AvgIpc) is 2.63. The highest BCUT2D eigenvalue weighted by Gasteiger charge is 2.36. The molecule has 1 aromatic carbocycles. The third-order valence-electron chi connectivity index (χ3n) is 4.66. The second-order valence-corrected chi connectivity index (χ2v) is 6.78. The summed E-state index contributed by atoms with van der Waals surface area (Å²) in [7, 11) is 0. The van der Waals surface area contributed by atoms with Gasteiger partial charge in [0.2, 0.25) is 0 Å². The lowest BCUT2D eigenvalue weighted by molar-refractivity contribution is -0.137. The van der Waals surface area contributed by atoms with Crippen molar-refractivity contribution >= 4 is 5.71 Å². The van der Waals surface area contributed by atoms with Gasteiger partial charge in [0.15, 0.2) is 0 Å². The van der Waals surface area contributed by atoms with Crippen LogP contribution in [0.4, 0.5) is 13.2 Å². The standard InChI is InChI=1S/C20H18F3N3O/c1-13-6-5-9-15(10-13)25-26-18(14-7-3-2-4-8-14)11-17(20(21,22)23)16(12-24)19(26)27/h2-4,7-8,11,13H,5-6,9-10H2,1H3/b25-15+/t13-/m1/s1. The average molecular weight is 373 g/mol. The predicted octanol–water partition coefficient (Wildman–Crippen LogP) is 4.82. The van der Waals surface area contributed by atoms with Gasteiger partial charge in [-0.2, -0.15) is 28.2 Å². The highest BCUT2D eigenvalue weighted by atomic mass is 19.4. The zero-order valence-electron chi connectivity index (χ0n) is 14.8. The number of pyridine rings is 1. The molecule has 0 spiro atoms. The SMILES string of the molecule is C[C@@H]1CCC/C(=N\n2c(-c3ccccc3)cc(C(F)(F)F)c(C#N)c2=O)C1. The number of halogens is 3. The molecule has 1 heterocycles. The van der Waals surface area contributed by atoms with Crippen molar-refractivity contribution in [2.45, 2.75) is 38.8 Å². The van der Waals surface area contributed by atoms with Gasteiger partial charge in [0, 0.05) is 11.3 Å². The molecule has 1 aromatic heterocycles. The lowest BCUT2D eigenvalue weighted by Gasteiger charge is -2.20. The molecule has 1 fully saturated rings. The van der Waals surface area contributed by atoms with Crippen LogP contribution in [0.25, 0.3) is 11.3 Å². The Balaban J connectivity index is 2.29. The molecule has 4 nitrogen and oxygen atoms in total. The van der Waals surface area contributed by atoms with Crippen molar-refractivity contribution in [1.82, 2.24) is 4.68 Å². The molecule has 0 radical (unpaired) electrons. The number of alkyl halides is 3. The lowest BCUT2D eigenvalue weighted by atomic mass is 9.89. The molecule has 0 N–H and O–H groups in total. The van der Waals surface area contributed by atoms with Crippen molar-refractivity contribution in [3.63, 3.8) is 0 Å². The van der Waals surface area contributed by atoms with Gasteiger partial charge < -0.3 is 0 Å². The summed E-state index contributed by atoms with van der Waals surface area (Å²) in [5, 5.41) is 13.6. The molecule has 3 rings (SSSR count). The van der Waals surface area contributed by atoms with Crippen LogP contribution in [0.2, 0.25) is 0 Å². The molecule has 0 bridgehead atoms. The molecule has 7 heteroatoms. The Labute approximate surface area is 154 Å². The molecule has 1 aliphatic rings. The fourth-order valence-electron chi connectivity index (χ4n) is 3.34. The minimum Gasteiger partial charge on any atom is -0.266 e. The summed E-state index contributed by atoms with van der Waals surface area (Å²) in [5.74, 6) is 0.401. The number of nitrogens with zero attached hydrogens (tertiary/aromatic N) is 3. The van der Waals surface area contributed by atoms with Crippen LogP contribution in [-0.4, -0.2) is 10.4 Å². The van der Waals surface area contributed by atoms with Crippen LogP contribution in [0.15, 0.2) is 46.3 Å². The molecule has 1 saturated carbocycles. The summed E-state index contributed by atoms with van der Waals surface area (Å²) in [6, 6.07) is 10.6. The smallest absolute Gasteiger partial charge is 0.266 e. The van der Waals surface area contributed by atoms with E-state index in [0.29, 0.717) is 24.3 Å². The van der Waals surface area contributed by atoms with Crippen molar-refractivity contribution in [3.8, 4) is 17.3 Å². The van der Waals surface area contributed by atoms with Crippen molar-refractivity contribution in [3.05, 3.63) is 57.9 Å². The Morgan fingerprint density at radius 3 is 2.56 bits per heavy atom. The van der Waals surface area contributed by atoms with E-state index in [1.54, 1.807) is 30.3 Å². The first-order valence-corrected chi connectivity index (χ1v) is 8.70. The first kappa shape index (κ1) is 18.9. The topological polar surface area (TPSA) is 58.1 Å². The monoisotopic (exact) mass is 373 g/mol. The fourth-order valence-corrected chi connectivity index (χ4v) is 3.34. The number of rotatable bonds is 2. The summed E-state index contributed by atoms with van der Waals surface area (Å²) < 4.78 is 41.2. The Morgan fingerprint density at radius 1 is 1.26 bits per heavy atom. The van der Waals surface area contributed by atoms with Crippen molar-refractivity contribution in [2.24, 2.45) is 11.0 Å². The molecular weight excluding hydrogens is 355 g/mol. The molecule has 0 saturated heterocycles. The van der Waals surface area contributed by atoms with Gasteiger partial charge in [0.05, 0.1) is 11.3 Å². The molecule has 0 amide bonds. The van der Waals surface area contributed by atoms with Crippen molar-refractivity contribution < 1.29 is 13.2 Å². The van der Waals surface area contributed by atoms with E-state index in [-0.39, 0.29) is 5.69 Å². The molecule has 2 aromatic rings. The van der Waals surface area contributed by atoms with Gasteiger partial charge in [0.25, 0.3) is 5.56 Å². The van der Waals surface area contributed by atoms with E-state index in [4.69, 9.17) is 0 Å². The van der Waals surface area contributed by atoms with E-state index in [1.807, 2.05) is 0 Å². The maximum absolute atomic E-state index is 13.4. The summed E-state index contributed by atoms with van der Waals surface area (Å²) >= 11 is 0. The van der Waals surface area contributed by atoms with Crippen LogP contribution in [0, 0.1) is 17.2 Å². The fraction of sp³-hybridized carbons (Fsp3) is 0.350. The quantitative estimate of drug-likeness (QED) is 0.758. The van der Waals surface area contributed by atoms with Gasteiger partial charge >= 0.3 is 6.18 Å². The third-order valence-corrected chi connectivity index (χ3v) is 4.66. The second kappa shape index (κ2) is 7.39. The van der Waals surface area contributed by atoms with Gasteiger partial charge in [-0.25, -0.2) is 0 Å². The highest BCUT2D eigenvalue weighted by molar-refractivity contribution is 5.85. The van der Waals surface area contributed by atoms with Crippen LogP contribution < -0.4 is 5.56 Å². The van der Waals surface area contributed by atoms with Crippen LogP contribution in [-0.2, 0) is 6.18 Å². The van der Waals surface area contributed by atoms with E-state index >= 15 is 0 Å². The number of hydrogen-bond acceptors (Lipinski definition) is 3. The summed E-state index contributed by atoms with van der Waals surface area (Å²) in [6.07, 6.45) is -1.46. The second-order valence-electron chi connectivity index (χ2n) is 6.78. The number of benzene rings is 1. The molecular formula is C20H18F3N3O. The van der Waals surface area contributed by atoms with E-state index in [1.165, 1.54) is 6.07 Å². The van der Waals surface area contributed by atoms with Crippen LogP contribution in [0.3, 0.4) is 0 Å². The Hall–Kier alpha value is -2.88.